The maximum absolute atomic E-state index is 12.9. The number of rotatable bonds is 2. The molecule has 0 heterocycles. The van der Waals surface area contributed by atoms with Gasteiger partial charge in [-0.2, -0.15) is 13.2 Å². The molecule has 0 saturated heterocycles. The second kappa shape index (κ2) is 5.89. The Hall–Kier alpha value is -1.82. The fraction of sp³-hybridized carbons (Fsp3) is 0.133. The predicted octanol–water partition coefficient (Wildman–Crippen LogP) is 5.03. The van der Waals surface area contributed by atoms with Crippen molar-refractivity contribution in [2.24, 2.45) is 0 Å². The summed E-state index contributed by atoms with van der Waals surface area (Å²) in [4.78, 5) is 12.1. The Morgan fingerprint density at radius 2 is 1.81 bits per heavy atom. The smallest absolute Gasteiger partial charge is 0.321 e. The zero-order valence-corrected chi connectivity index (χ0v) is 12.5. The first kappa shape index (κ1) is 15.6. The van der Waals surface area contributed by atoms with E-state index in [-0.39, 0.29) is 0 Å². The molecule has 2 aromatic rings. The van der Waals surface area contributed by atoms with Crippen molar-refractivity contribution in [3.63, 3.8) is 0 Å². The molecule has 0 unspecified atom stereocenters. The third kappa shape index (κ3) is 3.64. The number of carbonyl (C=O) groups is 1. The van der Waals surface area contributed by atoms with Gasteiger partial charge in [0.15, 0.2) is 0 Å². The zero-order valence-electron chi connectivity index (χ0n) is 11.0. The second-order valence-electron chi connectivity index (χ2n) is 4.48. The molecule has 1 amide bonds. The van der Waals surface area contributed by atoms with Crippen LogP contribution in [0.1, 0.15) is 21.5 Å². The maximum atomic E-state index is 12.9. The molecule has 21 heavy (non-hydrogen) atoms. The average molecular weight is 358 g/mol. The molecule has 0 atom stereocenters. The molecule has 0 fully saturated rings. The van der Waals surface area contributed by atoms with Crippen LogP contribution in [0.5, 0.6) is 0 Å². The van der Waals surface area contributed by atoms with Crippen molar-refractivity contribution in [2.45, 2.75) is 13.1 Å². The molecule has 0 spiro atoms. The second-order valence-corrected chi connectivity index (χ2v) is 5.34. The molecule has 1 N–H and O–H groups in total. The van der Waals surface area contributed by atoms with Crippen LogP contribution in [0.4, 0.5) is 18.9 Å². The quantitative estimate of drug-likeness (QED) is 0.802. The highest BCUT2D eigenvalue weighted by atomic mass is 79.9. The highest BCUT2D eigenvalue weighted by molar-refractivity contribution is 9.10. The van der Waals surface area contributed by atoms with Gasteiger partial charge in [0.05, 0.1) is 16.8 Å². The number of hydrogen-bond donors (Lipinski definition) is 1. The fourth-order valence-electron chi connectivity index (χ4n) is 1.84. The Balaban J connectivity index is 2.33. The standard InChI is InChI=1S/C15H11BrF3NO/c1-9-6-7-13(12(16)8-9)20-14(21)10-4-2-3-5-11(10)15(17,18)19/h2-8H,1H3,(H,20,21). The van der Waals surface area contributed by atoms with E-state index >= 15 is 0 Å². The van der Waals surface area contributed by atoms with E-state index in [9.17, 15) is 18.0 Å². The largest absolute Gasteiger partial charge is 0.417 e. The number of alkyl halides is 3. The fourth-order valence-corrected chi connectivity index (χ4v) is 2.43. The van der Waals surface area contributed by atoms with Crippen LogP contribution in [0.2, 0.25) is 0 Å². The van der Waals surface area contributed by atoms with Gasteiger partial charge in [-0.3, -0.25) is 4.79 Å². The average Bonchev–Trinajstić information content (AvgIpc) is 2.41. The van der Waals surface area contributed by atoms with Gasteiger partial charge in [0.1, 0.15) is 0 Å². The summed E-state index contributed by atoms with van der Waals surface area (Å²) in [6.07, 6.45) is -4.57. The molecule has 2 nitrogen and oxygen atoms in total. The molecule has 0 aliphatic heterocycles. The number of anilines is 1. The summed E-state index contributed by atoms with van der Waals surface area (Å²) in [7, 11) is 0. The normalized spacial score (nSPS) is 11.3. The minimum absolute atomic E-state index is 0.405. The minimum atomic E-state index is -4.57. The number of carbonyl (C=O) groups excluding carboxylic acids is 1. The molecule has 110 valence electrons. The van der Waals surface area contributed by atoms with E-state index in [0.717, 1.165) is 17.7 Å². The van der Waals surface area contributed by atoms with Gasteiger partial charge >= 0.3 is 6.18 Å². The van der Waals surface area contributed by atoms with Gasteiger partial charge < -0.3 is 5.32 Å². The molecule has 2 aromatic carbocycles. The molecule has 0 aliphatic carbocycles. The molecular weight excluding hydrogens is 347 g/mol. The highest BCUT2D eigenvalue weighted by Gasteiger charge is 2.34. The number of benzene rings is 2. The molecule has 0 radical (unpaired) electrons. The molecule has 2 rings (SSSR count). The van der Waals surface area contributed by atoms with Gasteiger partial charge in [-0.1, -0.05) is 18.2 Å². The highest BCUT2D eigenvalue weighted by Crippen LogP contribution is 2.32. The number of amides is 1. The Morgan fingerprint density at radius 3 is 2.43 bits per heavy atom. The van der Waals surface area contributed by atoms with E-state index in [2.05, 4.69) is 21.2 Å². The van der Waals surface area contributed by atoms with Gasteiger partial charge in [-0.15, -0.1) is 0 Å². The first-order valence-corrected chi connectivity index (χ1v) is 6.82. The number of nitrogens with one attached hydrogen (secondary N) is 1. The summed E-state index contributed by atoms with van der Waals surface area (Å²) < 4.78 is 39.3. The van der Waals surface area contributed by atoms with Crippen molar-refractivity contribution >= 4 is 27.5 Å². The van der Waals surface area contributed by atoms with E-state index in [1.165, 1.54) is 12.1 Å². The third-order valence-electron chi connectivity index (χ3n) is 2.85. The van der Waals surface area contributed by atoms with Crippen LogP contribution in [0.15, 0.2) is 46.9 Å². The molecule has 0 bridgehead atoms. The van der Waals surface area contributed by atoms with Gasteiger partial charge in [-0.25, -0.2) is 0 Å². The molecule has 0 saturated carbocycles. The molecular formula is C15H11BrF3NO. The monoisotopic (exact) mass is 357 g/mol. The van der Waals surface area contributed by atoms with E-state index in [1.54, 1.807) is 18.2 Å². The Bertz CT molecular complexity index is 683. The third-order valence-corrected chi connectivity index (χ3v) is 3.51. The Kier molecular flexibility index (Phi) is 4.37. The van der Waals surface area contributed by atoms with Crippen LogP contribution in [-0.4, -0.2) is 5.91 Å². The van der Waals surface area contributed by atoms with E-state index in [0.29, 0.717) is 10.2 Å². The van der Waals surface area contributed by atoms with Crippen molar-refractivity contribution in [1.29, 1.82) is 0 Å². The molecule has 0 aromatic heterocycles. The lowest BCUT2D eigenvalue weighted by atomic mass is 10.1. The van der Waals surface area contributed by atoms with Crippen LogP contribution in [-0.2, 0) is 6.18 Å². The summed E-state index contributed by atoms with van der Waals surface area (Å²) in [6.45, 7) is 1.87. The number of aryl methyl sites for hydroxylation is 1. The lowest BCUT2D eigenvalue weighted by molar-refractivity contribution is -0.137. The van der Waals surface area contributed by atoms with Crippen molar-refractivity contribution in [3.8, 4) is 0 Å². The van der Waals surface area contributed by atoms with Gasteiger partial charge in [-0.05, 0) is 52.7 Å². The maximum Gasteiger partial charge on any atom is 0.417 e. The molecule has 6 heteroatoms. The summed E-state index contributed by atoms with van der Waals surface area (Å²) in [6, 6.07) is 9.85. The lowest BCUT2D eigenvalue weighted by Gasteiger charge is -2.13. The Labute approximate surface area is 128 Å². The van der Waals surface area contributed by atoms with Crippen LogP contribution in [0, 0.1) is 6.92 Å². The minimum Gasteiger partial charge on any atom is -0.321 e. The van der Waals surface area contributed by atoms with Crippen LogP contribution >= 0.6 is 15.9 Å². The number of hydrogen-bond acceptors (Lipinski definition) is 1. The van der Waals surface area contributed by atoms with Crippen LogP contribution in [0.25, 0.3) is 0 Å². The van der Waals surface area contributed by atoms with Gasteiger partial charge in [0.25, 0.3) is 5.91 Å². The van der Waals surface area contributed by atoms with Crippen LogP contribution < -0.4 is 5.32 Å². The van der Waals surface area contributed by atoms with Crippen molar-refractivity contribution in [2.75, 3.05) is 5.32 Å². The topological polar surface area (TPSA) is 29.1 Å². The van der Waals surface area contributed by atoms with E-state index < -0.39 is 23.2 Å². The predicted molar refractivity (Wildman–Crippen MR) is 78.3 cm³/mol. The molecule has 0 aliphatic rings. The van der Waals surface area contributed by atoms with Crippen LogP contribution in [0.3, 0.4) is 0 Å². The zero-order chi connectivity index (χ0) is 15.6. The first-order valence-electron chi connectivity index (χ1n) is 6.03. The lowest BCUT2D eigenvalue weighted by Crippen LogP contribution is -2.18. The van der Waals surface area contributed by atoms with E-state index in [1.807, 2.05) is 6.92 Å². The van der Waals surface area contributed by atoms with E-state index in [4.69, 9.17) is 0 Å². The summed E-state index contributed by atoms with van der Waals surface area (Å²) in [5, 5.41) is 2.48. The SMILES string of the molecule is Cc1ccc(NC(=O)c2ccccc2C(F)(F)F)c(Br)c1. The first-order chi connectivity index (χ1) is 9.79. The summed E-state index contributed by atoms with van der Waals surface area (Å²) in [5.41, 5.74) is 0.0290. The summed E-state index contributed by atoms with van der Waals surface area (Å²) in [5.74, 6) is -0.799. The Morgan fingerprint density at radius 1 is 1.14 bits per heavy atom. The van der Waals surface area contributed by atoms with Crippen molar-refractivity contribution in [3.05, 3.63) is 63.6 Å². The van der Waals surface area contributed by atoms with Crippen molar-refractivity contribution < 1.29 is 18.0 Å². The van der Waals surface area contributed by atoms with Gasteiger partial charge in [0.2, 0.25) is 0 Å². The van der Waals surface area contributed by atoms with Gasteiger partial charge in [0, 0.05) is 4.47 Å². The number of halogens is 4. The van der Waals surface area contributed by atoms with Crippen molar-refractivity contribution in [1.82, 2.24) is 0 Å². The summed E-state index contributed by atoms with van der Waals surface area (Å²) >= 11 is 3.27.